The van der Waals surface area contributed by atoms with E-state index in [0.717, 1.165) is 0 Å². The molecule has 7 nitrogen and oxygen atoms in total. The maximum absolute atomic E-state index is 13.2. The number of urea groups is 2. The Hall–Kier alpha value is -4.92. The van der Waals surface area contributed by atoms with Gasteiger partial charge >= 0.3 is 12.1 Å². The lowest BCUT2D eigenvalue weighted by atomic mass is 10.3. The van der Waals surface area contributed by atoms with Gasteiger partial charge in [0, 0.05) is 22.7 Å². The van der Waals surface area contributed by atoms with Crippen molar-refractivity contribution < 1.29 is 23.1 Å². The standard InChI is InChI=1S/C26H20F2N4O3/c27-17-3-1-5-21(15-17)31-25(33)29-19-7-11-23(12-8-19)35-24-13-9-20(10-14-24)30-26(34)32-22-6-2-4-18(28)16-22/h1-16H,(H2,29,31,33)(H2,30,32,34). The van der Waals surface area contributed by atoms with Gasteiger partial charge in [-0.1, -0.05) is 12.1 Å². The highest BCUT2D eigenvalue weighted by Crippen LogP contribution is 2.25. The van der Waals surface area contributed by atoms with Crippen LogP contribution in [0.15, 0.2) is 97.1 Å². The number of benzene rings is 4. The predicted molar refractivity (Wildman–Crippen MR) is 131 cm³/mol. The van der Waals surface area contributed by atoms with E-state index in [4.69, 9.17) is 4.74 Å². The molecule has 4 aromatic rings. The molecule has 4 rings (SSSR count). The quantitative estimate of drug-likeness (QED) is 0.241. The fourth-order valence-corrected chi connectivity index (χ4v) is 3.07. The largest absolute Gasteiger partial charge is 0.457 e. The van der Waals surface area contributed by atoms with E-state index in [0.29, 0.717) is 34.2 Å². The van der Waals surface area contributed by atoms with Crippen molar-refractivity contribution in [1.29, 1.82) is 0 Å². The first-order chi connectivity index (χ1) is 16.9. The van der Waals surface area contributed by atoms with Gasteiger partial charge in [0.05, 0.1) is 0 Å². The first-order valence-corrected chi connectivity index (χ1v) is 10.5. The van der Waals surface area contributed by atoms with Crippen molar-refractivity contribution in [3.8, 4) is 11.5 Å². The van der Waals surface area contributed by atoms with Crippen molar-refractivity contribution in [3.63, 3.8) is 0 Å². The monoisotopic (exact) mass is 474 g/mol. The minimum Gasteiger partial charge on any atom is -0.457 e. The molecule has 0 atom stereocenters. The summed E-state index contributed by atoms with van der Waals surface area (Å²) >= 11 is 0. The summed E-state index contributed by atoms with van der Waals surface area (Å²) in [4.78, 5) is 24.1. The molecule has 0 bridgehead atoms. The summed E-state index contributed by atoms with van der Waals surface area (Å²) < 4.78 is 32.2. The first-order valence-electron chi connectivity index (χ1n) is 10.5. The van der Waals surface area contributed by atoms with Crippen molar-refractivity contribution in [3.05, 3.63) is 109 Å². The second-order valence-electron chi connectivity index (χ2n) is 7.33. The molecule has 0 saturated heterocycles. The summed E-state index contributed by atoms with van der Waals surface area (Å²) in [6.45, 7) is 0. The second kappa shape index (κ2) is 10.8. The van der Waals surface area contributed by atoms with Gasteiger partial charge in [-0.15, -0.1) is 0 Å². The third-order valence-corrected chi connectivity index (χ3v) is 4.63. The average Bonchev–Trinajstić information content (AvgIpc) is 2.81. The average molecular weight is 474 g/mol. The smallest absolute Gasteiger partial charge is 0.323 e. The fourth-order valence-electron chi connectivity index (χ4n) is 3.07. The van der Waals surface area contributed by atoms with Gasteiger partial charge in [-0.3, -0.25) is 0 Å². The molecule has 0 spiro atoms. The molecular formula is C26H20F2N4O3. The summed E-state index contributed by atoms with van der Waals surface area (Å²) in [6, 6.07) is 23.5. The number of amides is 4. The molecule has 4 N–H and O–H groups in total. The molecule has 9 heteroatoms. The van der Waals surface area contributed by atoms with Crippen LogP contribution in [0.1, 0.15) is 0 Å². The zero-order valence-corrected chi connectivity index (χ0v) is 18.2. The van der Waals surface area contributed by atoms with Crippen LogP contribution in [0.2, 0.25) is 0 Å². The molecule has 4 amide bonds. The number of hydrogen-bond donors (Lipinski definition) is 4. The van der Waals surface area contributed by atoms with Gasteiger partial charge in [0.1, 0.15) is 23.1 Å². The Balaban J connectivity index is 1.27. The minimum atomic E-state index is -0.506. The van der Waals surface area contributed by atoms with Gasteiger partial charge in [-0.05, 0) is 84.9 Å². The molecule has 0 radical (unpaired) electrons. The first kappa shape index (κ1) is 23.2. The number of carbonyl (C=O) groups excluding carboxylic acids is 2. The lowest BCUT2D eigenvalue weighted by molar-refractivity contribution is 0.261. The van der Waals surface area contributed by atoms with Crippen LogP contribution < -0.4 is 26.0 Å². The number of anilines is 4. The Bertz CT molecular complexity index is 1230. The third-order valence-electron chi connectivity index (χ3n) is 4.63. The van der Waals surface area contributed by atoms with E-state index in [9.17, 15) is 18.4 Å². The normalized spacial score (nSPS) is 10.2. The van der Waals surface area contributed by atoms with Gasteiger partial charge < -0.3 is 26.0 Å². The van der Waals surface area contributed by atoms with E-state index in [-0.39, 0.29) is 0 Å². The summed E-state index contributed by atoms with van der Waals surface area (Å²) in [5, 5.41) is 10.4. The molecule has 4 aromatic carbocycles. The van der Waals surface area contributed by atoms with Crippen LogP contribution in [-0.4, -0.2) is 12.1 Å². The Kier molecular flexibility index (Phi) is 7.17. The number of rotatable bonds is 6. The minimum absolute atomic E-state index is 0.340. The second-order valence-corrected chi connectivity index (χ2v) is 7.33. The lowest BCUT2D eigenvalue weighted by Gasteiger charge is -2.10. The van der Waals surface area contributed by atoms with E-state index >= 15 is 0 Å². The molecule has 35 heavy (non-hydrogen) atoms. The van der Waals surface area contributed by atoms with Crippen LogP contribution in [0.4, 0.5) is 41.1 Å². The van der Waals surface area contributed by atoms with Gasteiger partial charge in [-0.2, -0.15) is 0 Å². The number of ether oxygens (including phenoxy) is 1. The maximum Gasteiger partial charge on any atom is 0.323 e. The maximum atomic E-state index is 13.2. The van der Waals surface area contributed by atoms with Crippen LogP contribution >= 0.6 is 0 Å². The predicted octanol–water partition coefficient (Wildman–Crippen LogP) is 7.05. The van der Waals surface area contributed by atoms with Crippen molar-refractivity contribution >= 4 is 34.8 Å². The Labute approximate surface area is 199 Å². The lowest BCUT2D eigenvalue weighted by Crippen LogP contribution is -2.19. The van der Waals surface area contributed by atoms with E-state index < -0.39 is 23.7 Å². The molecule has 0 fully saturated rings. The summed E-state index contributed by atoms with van der Waals surface area (Å²) in [5.41, 5.74) is 1.73. The van der Waals surface area contributed by atoms with E-state index in [1.54, 1.807) is 60.7 Å². The van der Waals surface area contributed by atoms with E-state index in [1.165, 1.54) is 36.4 Å². The molecule has 0 heterocycles. The van der Waals surface area contributed by atoms with Crippen molar-refractivity contribution in [2.45, 2.75) is 0 Å². The molecule has 0 aliphatic heterocycles. The highest BCUT2D eigenvalue weighted by Gasteiger charge is 2.06. The van der Waals surface area contributed by atoms with Crippen molar-refractivity contribution in [1.82, 2.24) is 0 Å². The number of halogens is 2. The molecule has 0 aliphatic carbocycles. The molecular weight excluding hydrogens is 454 g/mol. The van der Waals surface area contributed by atoms with Crippen LogP contribution in [0.5, 0.6) is 11.5 Å². The Morgan fingerprint density at radius 3 is 1.26 bits per heavy atom. The highest BCUT2D eigenvalue weighted by atomic mass is 19.1. The number of carbonyl (C=O) groups is 2. The van der Waals surface area contributed by atoms with Crippen LogP contribution in [0, 0.1) is 11.6 Å². The van der Waals surface area contributed by atoms with E-state index in [1.807, 2.05) is 0 Å². The van der Waals surface area contributed by atoms with Crippen molar-refractivity contribution in [2.75, 3.05) is 21.3 Å². The zero-order chi connectivity index (χ0) is 24.6. The van der Waals surface area contributed by atoms with Gasteiger partial charge in [0.15, 0.2) is 0 Å². The summed E-state index contributed by atoms with van der Waals surface area (Å²) in [5.74, 6) is 0.178. The van der Waals surface area contributed by atoms with Gasteiger partial charge in [-0.25, -0.2) is 18.4 Å². The Morgan fingerprint density at radius 2 is 0.886 bits per heavy atom. The summed E-state index contributed by atoms with van der Waals surface area (Å²) in [7, 11) is 0. The van der Waals surface area contributed by atoms with Crippen LogP contribution in [-0.2, 0) is 0 Å². The van der Waals surface area contributed by atoms with E-state index in [2.05, 4.69) is 21.3 Å². The Morgan fingerprint density at radius 1 is 0.514 bits per heavy atom. The van der Waals surface area contributed by atoms with Crippen LogP contribution in [0.25, 0.3) is 0 Å². The van der Waals surface area contributed by atoms with Crippen LogP contribution in [0.3, 0.4) is 0 Å². The summed E-state index contributed by atoms with van der Waals surface area (Å²) in [6.07, 6.45) is 0. The number of hydrogen-bond acceptors (Lipinski definition) is 3. The highest BCUT2D eigenvalue weighted by molar-refractivity contribution is 6.00. The molecule has 0 aromatic heterocycles. The van der Waals surface area contributed by atoms with Gasteiger partial charge in [0.2, 0.25) is 0 Å². The SMILES string of the molecule is O=C(Nc1ccc(Oc2ccc(NC(=O)Nc3cccc(F)c3)cc2)cc1)Nc1cccc(F)c1. The number of nitrogens with one attached hydrogen (secondary N) is 4. The van der Waals surface area contributed by atoms with Crippen molar-refractivity contribution in [2.24, 2.45) is 0 Å². The topological polar surface area (TPSA) is 91.5 Å². The molecule has 0 unspecified atom stereocenters. The zero-order valence-electron chi connectivity index (χ0n) is 18.2. The molecule has 176 valence electrons. The third kappa shape index (κ3) is 7.03. The molecule has 0 aliphatic rings. The van der Waals surface area contributed by atoms with Gasteiger partial charge in [0.25, 0.3) is 0 Å². The molecule has 0 saturated carbocycles. The fraction of sp³-hybridized carbons (Fsp3) is 0.